The molecule has 7 nitrogen and oxygen atoms in total. The van der Waals surface area contributed by atoms with E-state index in [1.807, 2.05) is 0 Å². The monoisotopic (exact) mass is 410 g/mol. The van der Waals surface area contributed by atoms with Crippen molar-refractivity contribution in [2.24, 2.45) is 0 Å². The van der Waals surface area contributed by atoms with Crippen LogP contribution in [-0.4, -0.2) is 15.9 Å². The lowest BCUT2D eigenvalue weighted by Crippen LogP contribution is -2.20. The zero-order valence-corrected chi connectivity index (χ0v) is 14.5. The Morgan fingerprint density at radius 1 is 1.14 bits per heavy atom. The molecule has 0 aliphatic heterocycles. The lowest BCUT2D eigenvalue weighted by molar-refractivity contribution is -0.383. The molecule has 1 heterocycles. The maximum absolute atomic E-state index is 12.7. The van der Waals surface area contributed by atoms with Gasteiger partial charge in [-0.15, -0.1) is 0 Å². The number of hydrogen-bond acceptors (Lipinski definition) is 4. The first-order valence-electron chi connectivity index (χ1n) is 7.63. The van der Waals surface area contributed by atoms with E-state index in [2.05, 4.69) is 15.6 Å². The largest absolute Gasteiger partial charge is 0.417 e. The van der Waals surface area contributed by atoms with E-state index in [1.165, 1.54) is 24.4 Å². The van der Waals surface area contributed by atoms with Crippen LogP contribution in [0.15, 0.2) is 48.7 Å². The first-order valence-corrected chi connectivity index (χ1v) is 8.01. The van der Waals surface area contributed by atoms with Crippen LogP contribution in [-0.2, 0) is 6.18 Å². The highest BCUT2D eigenvalue weighted by Gasteiger charge is 2.33. The quantitative estimate of drug-likeness (QED) is 0.442. The molecule has 0 atom stereocenters. The summed E-state index contributed by atoms with van der Waals surface area (Å²) in [6, 6.07) is 7.56. The Balaban J connectivity index is 1.86. The standard InChI is InChI=1S/C17H10ClF3N4O3/c18-11-8-9(4-5-10(11)17(19,20)21)23-16(26)24-13-6-7-22-12-2-1-3-14(15(12)13)25(27)28/h1-8H,(H2,22,23,24,26). The van der Waals surface area contributed by atoms with Gasteiger partial charge in [0.15, 0.2) is 0 Å². The van der Waals surface area contributed by atoms with Crippen LogP contribution >= 0.6 is 11.6 Å². The number of urea groups is 1. The molecule has 0 aliphatic rings. The summed E-state index contributed by atoms with van der Waals surface area (Å²) in [6.07, 6.45) is -3.26. The van der Waals surface area contributed by atoms with Crippen molar-refractivity contribution in [3.63, 3.8) is 0 Å². The van der Waals surface area contributed by atoms with Crippen LogP contribution < -0.4 is 10.6 Å². The number of amides is 2. The Labute approximate surface area is 160 Å². The summed E-state index contributed by atoms with van der Waals surface area (Å²) in [4.78, 5) is 26.9. The Morgan fingerprint density at radius 3 is 2.54 bits per heavy atom. The first-order chi connectivity index (χ1) is 13.2. The summed E-state index contributed by atoms with van der Waals surface area (Å²) in [7, 11) is 0. The van der Waals surface area contributed by atoms with E-state index in [-0.39, 0.29) is 22.4 Å². The number of rotatable bonds is 3. The van der Waals surface area contributed by atoms with Crippen LogP contribution in [0.4, 0.5) is 35.0 Å². The van der Waals surface area contributed by atoms with Crippen molar-refractivity contribution < 1.29 is 22.9 Å². The van der Waals surface area contributed by atoms with E-state index in [4.69, 9.17) is 11.6 Å². The maximum atomic E-state index is 12.7. The van der Waals surface area contributed by atoms with Crippen LogP contribution in [0.1, 0.15) is 5.56 Å². The summed E-state index contributed by atoms with van der Waals surface area (Å²) in [5.41, 5.74) is -0.852. The number of fused-ring (bicyclic) bond motifs is 1. The summed E-state index contributed by atoms with van der Waals surface area (Å²) in [6.45, 7) is 0. The van der Waals surface area contributed by atoms with E-state index < -0.39 is 27.7 Å². The third-order valence-electron chi connectivity index (χ3n) is 3.72. The molecule has 0 fully saturated rings. The molecule has 0 radical (unpaired) electrons. The summed E-state index contributed by atoms with van der Waals surface area (Å²) >= 11 is 5.62. The molecule has 0 saturated heterocycles. The molecule has 0 unspecified atom stereocenters. The van der Waals surface area contributed by atoms with Crippen LogP contribution in [0, 0.1) is 10.1 Å². The number of pyridine rings is 1. The van der Waals surface area contributed by atoms with E-state index in [0.717, 1.165) is 18.2 Å². The molecule has 3 aromatic rings. The number of non-ortho nitro benzene ring substituents is 1. The Morgan fingerprint density at radius 2 is 1.89 bits per heavy atom. The highest BCUT2D eigenvalue weighted by molar-refractivity contribution is 6.31. The number of nitro benzene ring substituents is 1. The van der Waals surface area contributed by atoms with Gasteiger partial charge in [0.2, 0.25) is 0 Å². The van der Waals surface area contributed by atoms with Crippen molar-refractivity contribution in [2.45, 2.75) is 6.18 Å². The summed E-state index contributed by atoms with van der Waals surface area (Å²) in [5, 5.41) is 15.5. The molecule has 0 spiro atoms. The first kappa shape index (κ1) is 19.4. The fraction of sp³-hybridized carbons (Fsp3) is 0.0588. The minimum Gasteiger partial charge on any atom is -0.308 e. The Hall–Kier alpha value is -3.40. The van der Waals surface area contributed by atoms with Gasteiger partial charge in [0, 0.05) is 18.0 Å². The molecule has 0 aliphatic carbocycles. The SMILES string of the molecule is O=C(Nc1ccc(C(F)(F)F)c(Cl)c1)Nc1ccnc2cccc([N+](=O)[O-])c12. The van der Waals surface area contributed by atoms with Gasteiger partial charge >= 0.3 is 12.2 Å². The van der Waals surface area contributed by atoms with Gasteiger partial charge in [0.1, 0.15) is 5.39 Å². The van der Waals surface area contributed by atoms with Gasteiger partial charge in [-0.3, -0.25) is 15.1 Å². The average Bonchev–Trinajstić information content (AvgIpc) is 2.60. The Bertz CT molecular complexity index is 1080. The van der Waals surface area contributed by atoms with Gasteiger partial charge in [-0.2, -0.15) is 13.2 Å². The van der Waals surface area contributed by atoms with Gasteiger partial charge < -0.3 is 10.6 Å². The number of carbonyl (C=O) groups is 1. The highest BCUT2D eigenvalue weighted by Crippen LogP contribution is 2.36. The molecule has 0 saturated carbocycles. The van der Waals surface area contributed by atoms with Crippen molar-refractivity contribution in [1.29, 1.82) is 0 Å². The zero-order valence-electron chi connectivity index (χ0n) is 13.7. The van der Waals surface area contributed by atoms with Crippen LogP contribution in [0.25, 0.3) is 10.9 Å². The van der Waals surface area contributed by atoms with E-state index in [1.54, 1.807) is 6.07 Å². The van der Waals surface area contributed by atoms with Gasteiger partial charge in [-0.1, -0.05) is 17.7 Å². The van der Waals surface area contributed by atoms with Gasteiger partial charge in [-0.05, 0) is 30.3 Å². The lowest BCUT2D eigenvalue weighted by atomic mass is 10.1. The molecule has 28 heavy (non-hydrogen) atoms. The predicted octanol–water partition coefficient (Wildman–Crippen LogP) is 5.46. The van der Waals surface area contributed by atoms with E-state index in [9.17, 15) is 28.1 Å². The molecule has 2 aromatic carbocycles. The number of nitrogens with zero attached hydrogens (tertiary/aromatic N) is 2. The topological polar surface area (TPSA) is 97.2 Å². The average molecular weight is 411 g/mol. The number of nitro groups is 1. The van der Waals surface area contributed by atoms with Crippen LogP contribution in [0.3, 0.4) is 0 Å². The van der Waals surface area contributed by atoms with Gasteiger partial charge in [-0.25, -0.2) is 4.79 Å². The molecular formula is C17H10ClF3N4O3. The molecule has 11 heteroatoms. The highest BCUT2D eigenvalue weighted by atomic mass is 35.5. The van der Waals surface area contributed by atoms with Crippen molar-refractivity contribution in [3.05, 3.63) is 69.4 Å². The third-order valence-corrected chi connectivity index (χ3v) is 4.03. The number of aromatic nitrogens is 1. The van der Waals surface area contributed by atoms with Crippen LogP contribution in [0.5, 0.6) is 0 Å². The summed E-state index contributed by atoms with van der Waals surface area (Å²) < 4.78 is 38.2. The molecule has 0 bridgehead atoms. The molecule has 2 amide bonds. The number of nitrogens with one attached hydrogen (secondary N) is 2. The summed E-state index contributed by atoms with van der Waals surface area (Å²) in [5.74, 6) is 0. The van der Waals surface area contributed by atoms with Crippen molar-refractivity contribution >= 4 is 45.6 Å². The van der Waals surface area contributed by atoms with Crippen LogP contribution in [0.2, 0.25) is 5.02 Å². The van der Waals surface area contributed by atoms with Crippen molar-refractivity contribution in [2.75, 3.05) is 10.6 Å². The van der Waals surface area contributed by atoms with Gasteiger partial charge in [0.05, 0.1) is 26.7 Å². The maximum Gasteiger partial charge on any atom is 0.417 e. The third kappa shape index (κ3) is 3.96. The number of halogens is 4. The van der Waals surface area contributed by atoms with E-state index in [0.29, 0.717) is 5.52 Å². The fourth-order valence-corrected chi connectivity index (χ4v) is 2.84. The Kier molecular flexibility index (Phi) is 5.06. The molecule has 144 valence electrons. The number of anilines is 2. The number of hydrogen-bond donors (Lipinski definition) is 2. The fourth-order valence-electron chi connectivity index (χ4n) is 2.55. The number of benzene rings is 2. The van der Waals surface area contributed by atoms with Crippen molar-refractivity contribution in [1.82, 2.24) is 4.98 Å². The number of alkyl halides is 3. The minimum atomic E-state index is -4.62. The van der Waals surface area contributed by atoms with Crippen molar-refractivity contribution in [3.8, 4) is 0 Å². The second kappa shape index (κ2) is 7.31. The molecule has 3 rings (SSSR count). The smallest absolute Gasteiger partial charge is 0.308 e. The van der Waals surface area contributed by atoms with E-state index >= 15 is 0 Å². The minimum absolute atomic E-state index is 0.0170. The molecule has 2 N–H and O–H groups in total. The second-order valence-corrected chi connectivity index (χ2v) is 5.97. The normalized spacial score (nSPS) is 11.3. The molecular weight excluding hydrogens is 401 g/mol. The van der Waals surface area contributed by atoms with Gasteiger partial charge in [0.25, 0.3) is 5.69 Å². The number of carbonyl (C=O) groups excluding carboxylic acids is 1. The zero-order chi connectivity index (χ0) is 20.5. The second-order valence-electron chi connectivity index (χ2n) is 5.56. The predicted molar refractivity (Wildman–Crippen MR) is 97.5 cm³/mol. The molecule has 1 aromatic heterocycles. The lowest BCUT2D eigenvalue weighted by Gasteiger charge is -2.12.